The molecule has 14 heavy (non-hydrogen) atoms. The molecule has 0 unspecified atom stereocenters. The van der Waals surface area contributed by atoms with Crippen molar-refractivity contribution in [3.63, 3.8) is 0 Å². The van der Waals surface area contributed by atoms with Gasteiger partial charge < -0.3 is 9.88 Å². The van der Waals surface area contributed by atoms with Crippen LogP contribution >= 0.6 is 11.8 Å². The number of rotatable bonds is 1. The highest BCUT2D eigenvalue weighted by atomic mass is 32.2. The summed E-state index contributed by atoms with van der Waals surface area (Å²) in [5, 5.41) is 2.08. The molecule has 0 atom stereocenters. The third kappa shape index (κ3) is 1.19. The Morgan fingerprint density at radius 1 is 1.36 bits per heavy atom. The van der Waals surface area contributed by atoms with Gasteiger partial charge in [0.05, 0.1) is 16.9 Å². The van der Waals surface area contributed by atoms with E-state index in [-0.39, 0.29) is 0 Å². The first-order valence-corrected chi connectivity index (χ1v) is 5.48. The van der Waals surface area contributed by atoms with E-state index in [1.165, 1.54) is 0 Å². The van der Waals surface area contributed by atoms with Gasteiger partial charge in [0.15, 0.2) is 0 Å². The van der Waals surface area contributed by atoms with Crippen LogP contribution in [0, 0.1) is 0 Å². The zero-order valence-electron chi connectivity index (χ0n) is 7.47. The molecule has 3 rings (SSSR count). The van der Waals surface area contributed by atoms with Crippen LogP contribution in [-0.2, 0) is 0 Å². The zero-order valence-corrected chi connectivity index (χ0v) is 8.29. The summed E-state index contributed by atoms with van der Waals surface area (Å²) < 4.78 is 0. The minimum absolute atomic E-state index is 0.924. The molecule has 0 saturated heterocycles. The summed E-state index contributed by atoms with van der Waals surface area (Å²) in [4.78, 5) is 9.89. The second-order valence-electron chi connectivity index (χ2n) is 3.13. The van der Waals surface area contributed by atoms with Crippen molar-refractivity contribution in [1.29, 1.82) is 0 Å². The Balaban J connectivity index is 2.09. The molecule has 0 spiro atoms. The van der Waals surface area contributed by atoms with Gasteiger partial charge in [0.2, 0.25) is 5.95 Å². The van der Waals surface area contributed by atoms with Gasteiger partial charge in [-0.1, -0.05) is 12.1 Å². The average Bonchev–Trinajstić information content (AvgIpc) is 2.86. The van der Waals surface area contributed by atoms with E-state index in [0.717, 1.165) is 22.9 Å². The summed E-state index contributed by atoms with van der Waals surface area (Å²) in [7, 11) is 0. The Kier molecular flexibility index (Phi) is 1.73. The maximum absolute atomic E-state index is 4.50. The fourth-order valence-corrected chi connectivity index (χ4v) is 2.18. The van der Waals surface area contributed by atoms with Crippen molar-refractivity contribution >= 4 is 28.7 Å². The van der Waals surface area contributed by atoms with E-state index in [2.05, 4.69) is 20.3 Å². The molecule has 2 heterocycles. The van der Waals surface area contributed by atoms with Crippen molar-refractivity contribution in [3.8, 4) is 0 Å². The SMILES string of the molecule is C1=CN(c2nc3ccccc3[nH]2)CS1. The average molecular weight is 203 g/mol. The van der Waals surface area contributed by atoms with Crippen LogP contribution in [0.25, 0.3) is 11.0 Å². The maximum atomic E-state index is 4.50. The van der Waals surface area contributed by atoms with Gasteiger partial charge in [-0.3, -0.25) is 0 Å². The highest BCUT2D eigenvalue weighted by molar-refractivity contribution is 8.02. The summed E-state index contributed by atoms with van der Waals surface area (Å²) in [6, 6.07) is 8.07. The van der Waals surface area contributed by atoms with Crippen LogP contribution in [0.3, 0.4) is 0 Å². The molecule has 0 saturated carbocycles. The van der Waals surface area contributed by atoms with Crippen LogP contribution in [0.15, 0.2) is 35.9 Å². The lowest BCUT2D eigenvalue weighted by Gasteiger charge is -2.08. The number of aromatic nitrogens is 2. The molecule has 1 aliphatic heterocycles. The molecule has 1 aromatic heterocycles. The monoisotopic (exact) mass is 203 g/mol. The lowest BCUT2D eigenvalue weighted by atomic mass is 10.3. The lowest BCUT2D eigenvalue weighted by Crippen LogP contribution is -2.11. The number of thioether (sulfide) groups is 1. The molecule has 2 aromatic rings. The zero-order chi connectivity index (χ0) is 9.38. The smallest absolute Gasteiger partial charge is 0.208 e. The summed E-state index contributed by atoms with van der Waals surface area (Å²) in [5.74, 6) is 1.87. The fourth-order valence-electron chi connectivity index (χ4n) is 1.49. The van der Waals surface area contributed by atoms with Crippen LogP contribution in [0.4, 0.5) is 5.95 Å². The summed E-state index contributed by atoms with van der Waals surface area (Å²) in [6.45, 7) is 0. The third-order valence-corrected chi connectivity index (χ3v) is 2.94. The van der Waals surface area contributed by atoms with Gasteiger partial charge in [0.25, 0.3) is 0 Å². The quantitative estimate of drug-likeness (QED) is 0.773. The van der Waals surface area contributed by atoms with Crippen molar-refractivity contribution in [2.75, 3.05) is 10.8 Å². The number of fused-ring (bicyclic) bond motifs is 1. The van der Waals surface area contributed by atoms with Gasteiger partial charge in [-0.25, -0.2) is 4.98 Å². The molecule has 4 heteroatoms. The van der Waals surface area contributed by atoms with Crippen molar-refractivity contribution in [2.24, 2.45) is 0 Å². The van der Waals surface area contributed by atoms with E-state index in [9.17, 15) is 0 Å². The minimum Gasteiger partial charge on any atom is -0.324 e. The number of para-hydroxylation sites is 2. The molecule has 0 radical (unpaired) electrons. The first-order valence-electron chi connectivity index (χ1n) is 4.43. The van der Waals surface area contributed by atoms with Gasteiger partial charge in [-0.15, -0.1) is 11.8 Å². The number of nitrogens with one attached hydrogen (secondary N) is 1. The predicted molar refractivity (Wildman–Crippen MR) is 60.2 cm³/mol. The minimum atomic E-state index is 0.924. The van der Waals surface area contributed by atoms with E-state index >= 15 is 0 Å². The fraction of sp³-hybridized carbons (Fsp3) is 0.100. The van der Waals surface area contributed by atoms with Gasteiger partial charge in [0, 0.05) is 6.20 Å². The Bertz CT molecular complexity index is 456. The molecule has 0 fully saturated rings. The number of aromatic amines is 1. The molecule has 0 aliphatic carbocycles. The van der Waals surface area contributed by atoms with E-state index in [1.807, 2.05) is 30.5 Å². The summed E-state index contributed by atoms with van der Waals surface area (Å²) >= 11 is 1.77. The number of anilines is 1. The number of benzene rings is 1. The molecular weight excluding hydrogens is 194 g/mol. The highest BCUT2D eigenvalue weighted by Gasteiger charge is 2.11. The topological polar surface area (TPSA) is 31.9 Å². The van der Waals surface area contributed by atoms with E-state index in [1.54, 1.807) is 11.8 Å². The van der Waals surface area contributed by atoms with Crippen molar-refractivity contribution in [2.45, 2.75) is 0 Å². The molecule has 1 aromatic carbocycles. The number of hydrogen-bond donors (Lipinski definition) is 1. The standard InChI is InChI=1S/C10H9N3S/c1-2-4-9-8(3-1)11-10(12-9)13-5-6-14-7-13/h1-6H,7H2,(H,11,12). The molecule has 1 N–H and O–H groups in total. The second-order valence-corrected chi connectivity index (χ2v) is 3.99. The van der Waals surface area contributed by atoms with Crippen molar-refractivity contribution in [3.05, 3.63) is 35.9 Å². The predicted octanol–water partition coefficient (Wildman–Crippen LogP) is 2.54. The number of nitrogens with zero attached hydrogens (tertiary/aromatic N) is 2. The molecule has 70 valence electrons. The van der Waals surface area contributed by atoms with Gasteiger partial charge >= 0.3 is 0 Å². The van der Waals surface area contributed by atoms with Gasteiger partial charge in [-0.2, -0.15) is 0 Å². The third-order valence-electron chi connectivity index (χ3n) is 2.20. The van der Waals surface area contributed by atoms with Crippen LogP contribution in [-0.4, -0.2) is 15.8 Å². The Hall–Kier alpha value is -1.42. The Labute approximate surface area is 85.8 Å². The van der Waals surface area contributed by atoms with Crippen LogP contribution < -0.4 is 4.90 Å². The van der Waals surface area contributed by atoms with Crippen molar-refractivity contribution in [1.82, 2.24) is 9.97 Å². The second kappa shape index (κ2) is 3.06. The van der Waals surface area contributed by atoms with Gasteiger partial charge in [0.1, 0.15) is 0 Å². The van der Waals surface area contributed by atoms with E-state index < -0.39 is 0 Å². The molecule has 1 aliphatic rings. The molecular formula is C10H9N3S. The number of hydrogen-bond acceptors (Lipinski definition) is 3. The highest BCUT2D eigenvalue weighted by Crippen LogP contribution is 2.23. The first kappa shape index (κ1) is 7.94. The molecule has 0 bridgehead atoms. The van der Waals surface area contributed by atoms with Crippen LogP contribution in [0.1, 0.15) is 0 Å². The van der Waals surface area contributed by atoms with Crippen molar-refractivity contribution < 1.29 is 0 Å². The Morgan fingerprint density at radius 3 is 3.07 bits per heavy atom. The number of imidazole rings is 1. The van der Waals surface area contributed by atoms with Gasteiger partial charge in [-0.05, 0) is 17.5 Å². The summed E-state index contributed by atoms with van der Waals surface area (Å²) in [5.41, 5.74) is 2.11. The molecule has 3 nitrogen and oxygen atoms in total. The normalized spacial score (nSPS) is 15.6. The molecule has 0 amide bonds. The van der Waals surface area contributed by atoms with Crippen LogP contribution in [0.2, 0.25) is 0 Å². The van der Waals surface area contributed by atoms with E-state index in [4.69, 9.17) is 0 Å². The largest absolute Gasteiger partial charge is 0.324 e. The maximum Gasteiger partial charge on any atom is 0.208 e. The Morgan fingerprint density at radius 2 is 2.29 bits per heavy atom. The lowest BCUT2D eigenvalue weighted by molar-refractivity contribution is 1.09. The van der Waals surface area contributed by atoms with E-state index in [0.29, 0.717) is 0 Å². The summed E-state index contributed by atoms with van der Waals surface area (Å²) in [6.07, 6.45) is 2.04. The number of H-pyrrole nitrogens is 1. The first-order chi connectivity index (χ1) is 6.93. The van der Waals surface area contributed by atoms with Crippen LogP contribution in [0.5, 0.6) is 0 Å².